The molecule has 2 rings (SSSR count). The molecular weight excluding hydrogens is 244 g/mol. The van der Waals surface area contributed by atoms with Crippen LogP contribution in [0.4, 0.5) is 11.4 Å². The van der Waals surface area contributed by atoms with Gasteiger partial charge in [0, 0.05) is 29.7 Å². The van der Waals surface area contributed by atoms with Gasteiger partial charge in [0.25, 0.3) is 0 Å². The molecule has 1 aromatic carbocycles. The summed E-state index contributed by atoms with van der Waals surface area (Å²) < 4.78 is 0. The largest absolute Gasteiger partial charge is 0.398 e. The highest BCUT2D eigenvalue weighted by Crippen LogP contribution is 2.18. The molecule has 0 atom stereocenters. The third-order valence-electron chi connectivity index (χ3n) is 2.61. The van der Waals surface area contributed by atoms with Gasteiger partial charge in [0.1, 0.15) is 0 Å². The minimum absolute atomic E-state index is 0.341. The first-order chi connectivity index (χ1) is 8.79. The molecule has 0 amide bonds. The zero-order valence-corrected chi connectivity index (χ0v) is 10.7. The molecule has 0 saturated carbocycles. The van der Waals surface area contributed by atoms with Gasteiger partial charge in [-0.05, 0) is 23.8 Å². The maximum atomic E-state index is 8.70. The SMILES string of the molecule is N#CCc1cc(NCCc2cscn2)ccc1N. The van der Waals surface area contributed by atoms with Crippen LogP contribution in [0.25, 0.3) is 0 Å². The molecule has 0 spiro atoms. The van der Waals surface area contributed by atoms with Crippen LogP contribution in [-0.2, 0) is 12.8 Å². The summed E-state index contributed by atoms with van der Waals surface area (Å²) in [5.74, 6) is 0. The quantitative estimate of drug-likeness (QED) is 0.808. The van der Waals surface area contributed by atoms with Crippen molar-refractivity contribution in [3.63, 3.8) is 0 Å². The topological polar surface area (TPSA) is 74.7 Å². The lowest BCUT2D eigenvalue weighted by atomic mass is 10.1. The summed E-state index contributed by atoms with van der Waals surface area (Å²) in [5.41, 5.74) is 11.3. The number of benzene rings is 1. The monoisotopic (exact) mass is 258 g/mol. The van der Waals surface area contributed by atoms with Crippen molar-refractivity contribution in [2.24, 2.45) is 0 Å². The van der Waals surface area contributed by atoms with E-state index in [4.69, 9.17) is 11.0 Å². The Kier molecular flexibility index (Phi) is 4.15. The van der Waals surface area contributed by atoms with Gasteiger partial charge in [0.15, 0.2) is 0 Å². The number of hydrogen-bond donors (Lipinski definition) is 2. The highest BCUT2D eigenvalue weighted by Gasteiger charge is 2.01. The van der Waals surface area contributed by atoms with E-state index in [1.807, 2.05) is 29.1 Å². The number of rotatable bonds is 5. The lowest BCUT2D eigenvalue weighted by Crippen LogP contribution is -2.06. The van der Waals surface area contributed by atoms with Crippen LogP contribution in [0.5, 0.6) is 0 Å². The molecule has 0 fully saturated rings. The zero-order valence-electron chi connectivity index (χ0n) is 9.89. The first-order valence-corrected chi connectivity index (χ1v) is 6.60. The molecule has 0 aliphatic carbocycles. The van der Waals surface area contributed by atoms with Crippen molar-refractivity contribution in [3.8, 4) is 6.07 Å². The highest BCUT2D eigenvalue weighted by molar-refractivity contribution is 7.07. The van der Waals surface area contributed by atoms with Gasteiger partial charge >= 0.3 is 0 Å². The summed E-state index contributed by atoms with van der Waals surface area (Å²) in [5, 5.41) is 14.1. The molecule has 0 aliphatic heterocycles. The van der Waals surface area contributed by atoms with Gasteiger partial charge in [0.05, 0.1) is 23.7 Å². The Morgan fingerprint density at radius 1 is 1.44 bits per heavy atom. The minimum Gasteiger partial charge on any atom is -0.398 e. The highest BCUT2D eigenvalue weighted by atomic mass is 32.1. The van der Waals surface area contributed by atoms with Crippen molar-refractivity contribution in [2.45, 2.75) is 12.8 Å². The smallest absolute Gasteiger partial charge is 0.0794 e. The third-order valence-corrected chi connectivity index (χ3v) is 3.24. The van der Waals surface area contributed by atoms with E-state index < -0.39 is 0 Å². The first-order valence-electron chi connectivity index (χ1n) is 5.66. The molecule has 5 heteroatoms. The predicted octanol–water partition coefficient (Wildman–Crippen LogP) is 2.45. The molecule has 0 radical (unpaired) electrons. The fourth-order valence-corrected chi connectivity index (χ4v) is 2.24. The maximum Gasteiger partial charge on any atom is 0.0794 e. The van der Waals surface area contributed by atoms with Crippen molar-refractivity contribution < 1.29 is 0 Å². The second-order valence-corrected chi connectivity index (χ2v) is 4.62. The van der Waals surface area contributed by atoms with Gasteiger partial charge in [-0.2, -0.15) is 5.26 Å². The van der Waals surface area contributed by atoms with E-state index in [-0.39, 0.29) is 0 Å². The van der Waals surface area contributed by atoms with E-state index in [9.17, 15) is 0 Å². The normalized spacial score (nSPS) is 9.94. The van der Waals surface area contributed by atoms with Crippen LogP contribution in [0.2, 0.25) is 0 Å². The molecule has 1 heterocycles. The molecular formula is C13H14N4S. The van der Waals surface area contributed by atoms with Crippen LogP contribution < -0.4 is 11.1 Å². The fourth-order valence-electron chi connectivity index (χ4n) is 1.65. The van der Waals surface area contributed by atoms with Crippen LogP contribution in [0.1, 0.15) is 11.3 Å². The van der Waals surface area contributed by atoms with Crippen LogP contribution in [0.3, 0.4) is 0 Å². The van der Waals surface area contributed by atoms with Gasteiger partial charge < -0.3 is 11.1 Å². The number of nitrogens with one attached hydrogen (secondary N) is 1. The van der Waals surface area contributed by atoms with Crippen molar-refractivity contribution >= 4 is 22.7 Å². The Balaban J connectivity index is 1.93. The van der Waals surface area contributed by atoms with Crippen molar-refractivity contribution in [3.05, 3.63) is 40.3 Å². The molecule has 0 saturated heterocycles. The molecule has 92 valence electrons. The Labute approximate surface area is 110 Å². The van der Waals surface area contributed by atoms with E-state index in [1.54, 1.807) is 11.3 Å². The zero-order chi connectivity index (χ0) is 12.8. The van der Waals surface area contributed by atoms with Crippen molar-refractivity contribution in [1.29, 1.82) is 5.26 Å². The second-order valence-electron chi connectivity index (χ2n) is 3.91. The second kappa shape index (κ2) is 6.03. The minimum atomic E-state index is 0.341. The first kappa shape index (κ1) is 12.4. The number of nitrogens with zero attached hydrogens (tertiary/aromatic N) is 2. The summed E-state index contributed by atoms with van der Waals surface area (Å²) in [7, 11) is 0. The molecule has 0 aliphatic rings. The third kappa shape index (κ3) is 3.22. The van der Waals surface area contributed by atoms with Gasteiger partial charge in [-0.25, -0.2) is 4.98 Å². The number of anilines is 2. The Morgan fingerprint density at radius 3 is 3.06 bits per heavy atom. The number of hydrogen-bond acceptors (Lipinski definition) is 5. The van der Waals surface area contributed by atoms with Gasteiger partial charge in [-0.1, -0.05) is 0 Å². The Bertz CT molecular complexity index is 543. The van der Waals surface area contributed by atoms with Crippen molar-refractivity contribution in [1.82, 2.24) is 4.98 Å². The van der Waals surface area contributed by atoms with Gasteiger partial charge in [-0.3, -0.25) is 0 Å². The number of thiazole rings is 1. The van der Waals surface area contributed by atoms with E-state index in [0.717, 1.165) is 29.9 Å². The summed E-state index contributed by atoms with van der Waals surface area (Å²) in [4.78, 5) is 4.22. The average molecular weight is 258 g/mol. The lowest BCUT2D eigenvalue weighted by molar-refractivity contribution is 0.977. The van der Waals surface area contributed by atoms with Crippen LogP contribution in [0, 0.1) is 11.3 Å². The maximum absolute atomic E-state index is 8.70. The molecule has 2 aromatic rings. The number of aromatic nitrogens is 1. The van der Waals surface area contributed by atoms with E-state index >= 15 is 0 Å². The summed E-state index contributed by atoms with van der Waals surface area (Å²) in [6, 6.07) is 7.80. The Morgan fingerprint density at radius 2 is 2.33 bits per heavy atom. The van der Waals surface area contributed by atoms with Crippen LogP contribution >= 0.6 is 11.3 Å². The van der Waals surface area contributed by atoms with Gasteiger partial charge in [-0.15, -0.1) is 11.3 Å². The van der Waals surface area contributed by atoms with E-state index in [2.05, 4.69) is 16.4 Å². The summed E-state index contributed by atoms with van der Waals surface area (Å²) in [6.07, 6.45) is 1.23. The molecule has 4 nitrogen and oxygen atoms in total. The Hall–Kier alpha value is -2.06. The molecule has 3 N–H and O–H groups in total. The molecule has 0 unspecified atom stereocenters. The molecule has 0 bridgehead atoms. The van der Waals surface area contributed by atoms with Crippen LogP contribution in [-0.4, -0.2) is 11.5 Å². The molecule has 1 aromatic heterocycles. The summed E-state index contributed by atoms with van der Waals surface area (Å²) >= 11 is 1.61. The fraction of sp³-hybridized carbons (Fsp3) is 0.231. The number of nitrogen functional groups attached to an aromatic ring is 1. The average Bonchev–Trinajstić information content (AvgIpc) is 2.87. The number of nitrogens with two attached hydrogens (primary N) is 1. The van der Waals surface area contributed by atoms with Crippen molar-refractivity contribution in [2.75, 3.05) is 17.6 Å². The predicted molar refractivity (Wildman–Crippen MR) is 74.5 cm³/mol. The van der Waals surface area contributed by atoms with E-state index in [0.29, 0.717) is 12.1 Å². The lowest BCUT2D eigenvalue weighted by Gasteiger charge is -2.08. The van der Waals surface area contributed by atoms with Crippen LogP contribution in [0.15, 0.2) is 29.1 Å². The molecule has 18 heavy (non-hydrogen) atoms. The van der Waals surface area contributed by atoms with E-state index in [1.165, 1.54) is 0 Å². The standard InChI is InChI=1S/C13H14N4S/c14-5-3-10-7-11(1-2-13(10)15)16-6-4-12-8-18-9-17-12/h1-2,7-9,16H,3-4,6,15H2. The summed E-state index contributed by atoms with van der Waals surface area (Å²) in [6.45, 7) is 0.819. The number of nitriles is 1. The van der Waals surface area contributed by atoms with Gasteiger partial charge in [0.2, 0.25) is 0 Å².